The van der Waals surface area contributed by atoms with Gasteiger partial charge in [0.25, 0.3) is 0 Å². The van der Waals surface area contributed by atoms with Crippen molar-refractivity contribution in [3.05, 3.63) is 47.8 Å². The van der Waals surface area contributed by atoms with Crippen LogP contribution in [0, 0.1) is 18.4 Å². The third-order valence-electron chi connectivity index (χ3n) is 2.69. The van der Waals surface area contributed by atoms with Gasteiger partial charge in [-0.05, 0) is 19.4 Å². The molecule has 0 bridgehead atoms. The Kier molecular flexibility index (Phi) is 3.94. The second-order valence-electron chi connectivity index (χ2n) is 4.20. The van der Waals surface area contributed by atoms with Crippen LogP contribution in [0.3, 0.4) is 0 Å². The molecule has 0 aliphatic heterocycles. The Hall–Kier alpha value is -2.61. The molecule has 1 atom stereocenters. The number of nitriles is 1. The largest absolute Gasteiger partial charge is 0.363 e. The van der Waals surface area contributed by atoms with E-state index in [9.17, 15) is 0 Å². The second kappa shape index (κ2) is 5.83. The number of hydrogen-bond acceptors (Lipinski definition) is 5. The summed E-state index contributed by atoms with van der Waals surface area (Å²) in [6, 6.07) is 11.9. The number of anilines is 2. The molecule has 0 aliphatic rings. The van der Waals surface area contributed by atoms with Crippen LogP contribution >= 0.6 is 0 Å². The summed E-state index contributed by atoms with van der Waals surface area (Å²) in [7, 11) is 0. The van der Waals surface area contributed by atoms with Crippen LogP contribution in [0.15, 0.2) is 36.4 Å². The van der Waals surface area contributed by atoms with Gasteiger partial charge in [-0.3, -0.25) is 5.32 Å². The molecule has 1 heterocycles. The average Bonchev–Trinajstić information content (AvgIpc) is 2.39. The molecule has 2 aromatic rings. The normalized spacial score (nSPS) is 11.4. The van der Waals surface area contributed by atoms with Crippen molar-refractivity contribution in [3.8, 4) is 6.19 Å². The van der Waals surface area contributed by atoms with Gasteiger partial charge in [0, 0.05) is 12.1 Å². The maximum atomic E-state index is 8.62. The predicted molar refractivity (Wildman–Crippen MR) is 74.5 cm³/mol. The lowest BCUT2D eigenvalue weighted by molar-refractivity contribution is 0.867. The van der Waals surface area contributed by atoms with Gasteiger partial charge in [-0.15, -0.1) is 0 Å². The van der Waals surface area contributed by atoms with Crippen molar-refractivity contribution in [2.24, 2.45) is 0 Å². The SMILES string of the molecule is Cc1nc(NC#N)cc(NC(C)c2ccccc2)n1. The Balaban J connectivity index is 2.17. The van der Waals surface area contributed by atoms with Gasteiger partial charge in [-0.1, -0.05) is 30.3 Å². The van der Waals surface area contributed by atoms with Gasteiger partial charge in [-0.2, -0.15) is 5.26 Å². The summed E-state index contributed by atoms with van der Waals surface area (Å²) in [5.74, 6) is 1.81. The lowest BCUT2D eigenvalue weighted by Crippen LogP contribution is -2.09. The Labute approximate surface area is 112 Å². The van der Waals surface area contributed by atoms with E-state index in [1.165, 1.54) is 5.56 Å². The molecule has 1 aromatic carbocycles. The number of aromatic nitrogens is 2. The smallest absolute Gasteiger partial charge is 0.182 e. The first-order valence-corrected chi connectivity index (χ1v) is 6.01. The molecule has 0 saturated carbocycles. The van der Waals surface area contributed by atoms with E-state index >= 15 is 0 Å². The molecule has 19 heavy (non-hydrogen) atoms. The Morgan fingerprint density at radius 1 is 1.16 bits per heavy atom. The fraction of sp³-hybridized carbons (Fsp3) is 0.214. The molecule has 1 aromatic heterocycles. The van der Waals surface area contributed by atoms with Crippen molar-refractivity contribution in [2.75, 3.05) is 10.6 Å². The molecule has 96 valence electrons. The van der Waals surface area contributed by atoms with E-state index in [0.29, 0.717) is 17.5 Å². The predicted octanol–water partition coefficient (Wildman–Crippen LogP) is 2.85. The molecule has 2 N–H and O–H groups in total. The van der Waals surface area contributed by atoms with Crippen molar-refractivity contribution in [3.63, 3.8) is 0 Å². The average molecular weight is 253 g/mol. The van der Waals surface area contributed by atoms with E-state index in [0.717, 1.165) is 0 Å². The molecule has 0 amide bonds. The molecule has 0 radical (unpaired) electrons. The third-order valence-corrected chi connectivity index (χ3v) is 2.69. The second-order valence-corrected chi connectivity index (χ2v) is 4.20. The lowest BCUT2D eigenvalue weighted by Gasteiger charge is -2.15. The summed E-state index contributed by atoms with van der Waals surface area (Å²) in [5.41, 5.74) is 1.17. The van der Waals surface area contributed by atoms with Crippen molar-refractivity contribution in [2.45, 2.75) is 19.9 Å². The minimum atomic E-state index is 0.130. The van der Waals surface area contributed by atoms with E-state index in [4.69, 9.17) is 5.26 Å². The molecule has 0 fully saturated rings. The third kappa shape index (κ3) is 3.42. The number of benzene rings is 1. The zero-order chi connectivity index (χ0) is 13.7. The Morgan fingerprint density at radius 3 is 2.53 bits per heavy atom. The standard InChI is InChI=1S/C14H15N5/c1-10(12-6-4-3-5-7-12)17-14-8-13(16-9-15)18-11(2)19-14/h3-8,10H,1-2H3,(H2,16,17,18,19). The van der Waals surface area contributed by atoms with E-state index in [1.807, 2.05) is 24.4 Å². The van der Waals surface area contributed by atoms with Gasteiger partial charge in [-0.25, -0.2) is 9.97 Å². The van der Waals surface area contributed by atoms with Gasteiger partial charge in [0.1, 0.15) is 17.5 Å². The molecule has 0 spiro atoms. The number of hydrogen-bond donors (Lipinski definition) is 2. The van der Waals surface area contributed by atoms with Crippen molar-refractivity contribution in [1.82, 2.24) is 9.97 Å². The van der Waals surface area contributed by atoms with Gasteiger partial charge in [0.15, 0.2) is 6.19 Å². The summed E-state index contributed by atoms with van der Waals surface area (Å²) >= 11 is 0. The topological polar surface area (TPSA) is 73.6 Å². The van der Waals surface area contributed by atoms with Crippen LogP contribution in [-0.4, -0.2) is 9.97 Å². The Morgan fingerprint density at radius 2 is 1.84 bits per heavy atom. The highest BCUT2D eigenvalue weighted by Crippen LogP contribution is 2.19. The maximum absolute atomic E-state index is 8.62. The summed E-state index contributed by atoms with van der Waals surface area (Å²) in [6.45, 7) is 3.85. The minimum absolute atomic E-state index is 0.130. The van der Waals surface area contributed by atoms with Crippen molar-refractivity contribution in [1.29, 1.82) is 5.26 Å². The highest BCUT2D eigenvalue weighted by Gasteiger charge is 2.07. The summed E-state index contributed by atoms with van der Waals surface area (Å²) < 4.78 is 0. The van der Waals surface area contributed by atoms with Gasteiger partial charge in [0.2, 0.25) is 0 Å². The highest BCUT2D eigenvalue weighted by atomic mass is 15.1. The fourth-order valence-electron chi connectivity index (χ4n) is 1.81. The van der Waals surface area contributed by atoms with Crippen LogP contribution in [0.1, 0.15) is 24.4 Å². The number of nitrogens with one attached hydrogen (secondary N) is 2. The summed E-state index contributed by atoms with van der Waals surface area (Å²) in [4.78, 5) is 8.43. The zero-order valence-corrected chi connectivity index (χ0v) is 10.9. The van der Waals surface area contributed by atoms with Crippen LogP contribution in [0.4, 0.5) is 11.6 Å². The first kappa shape index (κ1) is 12.8. The molecule has 5 heteroatoms. The van der Waals surface area contributed by atoms with Crippen LogP contribution in [0.2, 0.25) is 0 Å². The van der Waals surface area contributed by atoms with Crippen LogP contribution in [-0.2, 0) is 0 Å². The first-order chi connectivity index (χ1) is 9.19. The fourth-order valence-corrected chi connectivity index (χ4v) is 1.81. The molecule has 2 rings (SSSR count). The molecule has 0 aliphatic carbocycles. The van der Waals surface area contributed by atoms with Crippen LogP contribution in [0.25, 0.3) is 0 Å². The van der Waals surface area contributed by atoms with Crippen LogP contribution in [0.5, 0.6) is 0 Å². The van der Waals surface area contributed by atoms with E-state index < -0.39 is 0 Å². The van der Waals surface area contributed by atoms with Crippen molar-refractivity contribution >= 4 is 11.6 Å². The molecule has 1 unspecified atom stereocenters. The quantitative estimate of drug-likeness (QED) is 0.647. The number of rotatable bonds is 4. The molecular weight excluding hydrogens is 238 g/mol. The molecule has 5 nitrogen and oxygen atoms in total. The van der Waals surface area contributed by atoms with Crippen molar-refractivity contribution < 1.29 is 0 Å². The molecule has 0 saturated heterocycles. The Bertz CT molecular complexity index is 589. The monoisotopic (exact) mass is 253 g/mol. The summed E-state index contributed by atoms with van der Waals surface area (Å²) in [6.07, 6.45) is 1.86. The van der Waals surface area contributed by atoms with Gasteiger partial charge < -0.3 is 5.32 Å². The minimum Gasteiger partial charge on any atom is -0.363 e. The number of aryl methyl sites for hydroxylation is 1. The maximum Gasteiger partial charge on any atom is 0.182 e. The molecular formula is C14H15N5. The highest BCUT2D eigenvalue weighted by molar-refractivity contribution is 5.50. The summed E-state index contributed by atoms with van der Waals surface area (Å²) in [5, 5.41) is 14.4. The number of nitrogens with zero attached hydrogens (tertiary/aromatic N) is 3. The lowest BCUT2D eigenvalue weighted by atomic mass is 10.1. The van der Waals surface area contributed by atoms with Gasteiger partial charge in [0.05, 0.1) is 0 Å². The van der Waals surface area contributed by atoms with Crippen LogP contribution < -0.4 is 10.6 Å². The zero-order valence-electron chi connectivity index (χ0n) is 10.9. The first-order valence-electron chi connectivity index (χ1n) is 6.01. The van der Waals surface area contributed by atoms with E-state index in [-0.39, 0.29) is 6.04 Å². The van der Waals surface area contributed by atoms with E-state index in [1.54, 1.807) is 13.0 Å². The van der Waals surface area contributed by atoms with Gasteiger partial charge >= 0.3 is 0 Å². The van der Waals surface area contributed by atoms with E-state index in [2.05, 4.69) is 39.7 Å².